The molecule has 1 saturated heterocycles. The first-order valence-electron chi connectivity index (χ1n) is 7.74. The molecule has 1 aliphatic rings. The van der Waals surface area contributed by atoms with Gasteiger partial charge in [-0.15, -0.1) is 0 Å². The second-order valence-corrected chi connectivity index (χ2v) is 5.23. The molecule has 0 amide bonds. The molecule has 0 bridgehead atoms. The molecule has 1 unspecified atom stereocenters. The normalized spacial score (nSPS) is 18.8. The Morgan fingerprint density at radius 2 is 2.29 bits per heavy atom. The Morgan fingerprint density at radius 3 is 3.00 bits per heavy atom. The number of nitrogens with zero attached hydrogens (tertiary/aromatic N) is 3. The molecule has 2 heterocycles. The second kappa shape index (κ2) is 8.14. The number of aromatic nitrogens is 2. The van der Waals surface area contributed by atoms with E-state index in [2.05, 4.69) is 34.0 Å². The smallest absolute Gasteiger partial charge is 0.158 e. The van der Waals surface area contributed by atoms with Gasteiger partial charge >= 0.3 is 0 Å². The van der Waals surface area contributed by atoms with Crippen LogP contribution in [0.25, 0.3) is 0 Å². The molecular formula is C15H26N4O2. The fraction of sp³-hybridized carbons (Fsp3) is 0.733. The van der Waals surface area contributed by atoms with E-state index in [-0.39, 0.29) is 6.10 Å². The van der Waals surface area contributed by atoms with Crippen LogP contribution in [0.3, 0.4) is 0 Å². The Bertz CT molecular complexity index is 442. The van der Waals surface area contributed by atoms with Crippen molar-refractivity contribution in [2.24, 2.45) is 0 Å². The van der Waals surface area contributed by atoms with Crippen LogP contribution in [0.1, 0.15) is 32.5 Å². The molecule has 0 saturated carbocycles. The van der Waals surface area contributed by atoms with Crippen LogP contribution < -0.4 is 10.2 Å². The van der Waals surface area contributed by atoms with Crippen LogP contribution >= 0.6 is 0 Å². The van der Waals surface area contributed by atoms with E-state index in [1.165, 1.54) is 0 Å². The summed E-state index contributed by atoms with van der Waals surface area (Å²) in [6, 6.07) is 2.02. The molecule has 1 atom stereocenters. The average Bonchev–Trinajstić information content (AvgIpc) is 2.53. The maximum atomic E-state index is 5.73. The van der Waals surface area contributed by atoms with Crippen LogP contribution in [0.15, 0.2) is 6.07 Å². The van der Waals surface area contributed by atoms with Crippen LogP contribution in [-0.2, 0) is 16.1 Å². The van der Waals surface area contributed by atoms with Gasteiger partial charge in [0.1, 0.15) is 18.2 Å². The van der Waals surface area contributed by atoms with Gasteiger partial charge in [-0.05, 0) is 12.8 Å². The number of hydrogen-bond donors (Lipinski definition) is 1. The van der Waals surface area contributed by atoms with Crippen LogP contribution in [0.4, 0.5) is 11.6 Å². The number of methoxy groups -OCH3 is 1. The third-order valence-corrected chi connectivity index (χ3v) is 3.51. The third-order valence-electron chi connectivity index (χ3n) is 3.51. The maximum absolute atomic E-state index is 5.73. The lowest BCUT2D eigenvalue weighted by molar-refractivity contribution is 0.0381. The minimum absolute atomic E-state index is 0.284. The number of rotatable bonds is 7. The molecule has 0 aromatic carbocycles. The first-order chi connectivity index (χ1) is 10.3. The van der Waals surface area contributed by atoms with Crippen molar-refractivity contribution in [3.05, 3.63) is 11.9 Å². The van der Waals surface area contributed by atoms with Crippen molar-refractivity contribution in [1.29, 1.82) is 0 Å². The molecule has 6 heteroatoms. The summed E-state index contributed by atoms with van der Waals surface area (Å²) < 4.78 is 10.9. The number of anilines is 2. The van der Waals surface area contributed by atoms with Crippen molar-refractivity contribution in [3.8, 4) is 0 Å². The monoisotopic (exact) mass is 294 g/mol. The van der Waals surface area contributed by atoms with Gasteiger partial charge < -0.3 is 19.7 Å². The van der Waals surface area contributed by atoms with Gasteiger partial charge in [-0.3, -0.25) is 0 Å². The van der Waals surface area contributed by atoms with Gasteiger partial charge in [-0.25, -0.2) is 9.97 Å². The zero-order chi connectivity index (χ0) is 15.1. The first kappa shape index (κ1) is 16.0. The van der Waals surface area contributed by atoms with E-state index in [1.807, 2.05) is 6.07 Å². The highest BCUT2D eigenvalue weighted by atomic mass is 16.5. The van der Waals surface area contributed by atoms with E-state index in [0.29, 0.717) is 12.4 Å². The van der Waals surface area contributed by atoms with Gasteiger partial charge in [0.25, 0.3) is 0 Å². The lowest BCUT2D eigenvalue weighted by Gasteiger charge is -2.33. The SMILES string of the molecule is CCCNc1cc(N2CCOC(CC)C2)nc(COC)n1. The molecule has 0 spiro atoms. The highest BCUT2D eigenvalue weighted by molar-refractivity contribution is 5.49. The lowest BCUT2D eigenvalue weighted by atomic mass is 10.2. The molecule has 118 valence electrons. The molecule has 1 N–H and O–H groups in total. The molecule has 2 rings (SSSR count). The Kier molecular flexibility index (Phi) is 6.20. The number of nitrogens with one attached hydrogen (secondary N) is 1. The summed E-state index contributed by atoms with van der Waals surface area (Å²) in [5.74, 6) is 2.54. The van der Waals surface area contributed by atoms with Crippen molar-refractivity contribution >= 4 is 11.6 Å². The van der Waals surface area contributed by atoms with E-state index >= 15 is 0 Å². The van der Waals surface area contributed by atoms with E-state index in [1.54, 1.807) is 7.11 Å². The standard InChI is InChI=1S/C15H26N4O2/c1-4-6-16-13-9-15(18-14(17-13)11-20-3)19-7-8-21-12(5-2)10-19/h9,12H,4-8,10-11H2,1-3H3,(H,16,17,18). The summed E-state index contributed by atoms with van der Waals surface area (Å²) in [6.07, 6.45) is 2.37. The fourth-order valence-corrected chi connectivity index (χ4v) is 2.36. The quantitative estimate of drug-likeness (QED) is 0.830. The van der Waals surface area contributed by atoms with E-state index in [9.17, 15) is 0 Å². The zero-order valence-corrected chi connectivity index (χ0v) is 13.3. The van der Waals surface area contributed by atoms with Gasteiger partial charge in [0.05, 0.1) is 12.7 Å². The number of ether oxygens (including phenoxy) is 2. The number of hydrogen-bond acceptors (Lipinski definition) is 6. The summed E-state index contributed by atoms with van der Waals surface area (Å²) in [4.78, 5) is 11.4. The van der Waals surface area contributed by atoms with Crippen molar-refractivity contribution in [1.82, 2.24) is 9.97 Å². The molecular weight excluding hydrogens is 268 g/mol. The zero-order valence-electron chi connectivity index (χ0n) is 13.3. The van der Waals surface area contributed by atoms with Gasteiger partial charge in [-0.2, -0.15) is 0 Å². The van der Waals surface area contributed by atoms with Crippen LogP contribution in [0, 0.1) is 0 Å². The molecule has 1 aromatic heterocycles. The summed E-state index contributed by atoms with van der Waals surface area (Å²) in [5.41, 5.74) is 0. The Labute approximate surface area is 126 Å². The molecule has 1 aliphatic heterocycles. The number of morpholine rings is 1. The fourth-order valence-electron chi connectivity index (χ4n) is 2.36. The van der Waals surface area contributed by atoms with E-state index in [4.69, 9.17) is 9.47 Å². The topological polar surface area (TPSA) is 59.5 Å². The Morgan fingerprint density at radius 1 is 1.43 bits per heavy atom. The predicted molar refractivity (Wildman–Crippen MR) is 83.8 cm³/mol. The summed E-state index contributed by atoms with van der Waals surface area (Å²) in [6.45, 7) is 8.12. The highest BCUT2D eigenvalue weighted by Gasteiger charge is 2.21. The van der Waals surface area contributed by atoms with Crippen LogP contribution in [-0.4, -0.2) is 49.4 Å². The Hall–Kier alpha value is -1.40. The van der Waals surface area contributed by atoms with Crippen molar-refractivity contribution in [2.45, 2.75) is 39.4 Å². The lowest BCUT2D eigenvalue weighted by Crippen LogP contribution is -2.42. The van der Waals surface area contributed by atoms with E-state index in [0.717, 1.165) is 50.7 Å². The van der Waals surface area contributed by atoms with Gasteiger partial charge in [0.2, 0.25) is 0 Å². The molecule has 21 heavy (non-hydrogen) atoms. The minimum Gasteiger partial charge on any atom is -0.377 e. The second-order valence-electron chi connectivity index (χ2n) is 5.23. The summed E-state index contributed by atoms with van der Waals surface area (Å²) in [5, 5.41) is 3.33. The first-order valence-corrected chi connectivity index (χ1v) is 7.74. The summed E-state index contributed by atoms with van der Waals surface area (Å²) >= 11 is 0. The summed E-state index contributed by atoms with van der Waals surface area (Å²) in [7, 11) is 1.66. The van der Waals surface area contributed by atoms with Gasteiger partial charge in [0.15, 0.2) is 5.82 Å². The largest absolute Gasteiger partial charge is 0.377 e. The van der Waals surface area contributed by atoms with Gasteiger partial charge in [-0.1, -0.05) is 13.8 Å². The van der Waals surface area contributed by atoms with Crippen molar-refractivity contribution in [3.63, 3.8) is 0 Å². The van der Waals surface area contributed by atoms with Crippen molar-refractivity contribution < 1.29 is 9.47 Å². The minimum atomic E-state index is 0.284. The molecule has 6 nitrogen and oxygen atoms in total. The van der Waals surface area contributed by atoms with Gasteiger partial charge in [0, 0.05) is 32.8 Å². The van der Waals surface area contributed by atoms with E-state index < -0.39 is 0 Å². The average molecular weight is 294 g/mol. The predicted octanol–water partition coefficient (Wildman–Crippen LogP) is 2.06. The van der Waals surface area contributed by atoms with Crippen LogP contribution in [0.5, 0.6) is 0 Å². The molecule has 1 fully saturated rings. The molecule has 1 aromatic rings. The highest BCUT2D eigenvalue weighted by Crippen LogP contribution is 2.20. The maximum Gasteiger partial charge on any atom is 0.158 e. The molecule has 0 aliphatic carbocycles. The Balaban J connectivity index is 2.17. The third kappa shape index (κ3) is 4.54. The molecule has 0 radical (unpaired) electrons. The van der Waals surface area contributed by atoms with Crippen LogP contribution in [0.2, 0.25) is 0 Å². The van der Waals surface area contributed by atoms with Crippen molar-refractivity contribution in [2.75, 3.05) is 43.6 Å².